The molecule has 1 aliphatic carbocycles. The van der Waals surface area contributed by atoms with Crippen LogP contribution in [-0.4, -0.2) is 29.4 Å². The number of hydrogen-bond donors (Lipinski definition) is 2. The highest BCUT2D eigenvalue weighted by molar-refractivity contribution is 9.10. The number of benzene rings is 2. The third kappa shape index (κ3) is 4.68. The van der Waals surface area contributed by atoms with Crippen molar-refractivity contribution in [3.05, 3.63) is 69.7 Å². The van der Waals surface area contributed by atoms with E-state index < -0.39 is 21.4 Å². The fourth-order valence-corrected chi connectivity index (χ4v) is 5.59. The summed E-state index contributed by atoms with van der Waals surface area (Å²) in [5.41, 5.74) is 2.47. The Morgan fingerprint density at radius 2 is 1.95 bits per heavy atom. The van der Waals surface area contributed by atoms with Crippen molar-refractivity contribution in [2.24, 2.45) is 5.73 Å². The third-order valence-corrected chi connectivity index (χ3v) is 8.23. The van der Waals surface area contributed by atoms with E-state index in [1.165, 1.54) is 18.2 Å². The summed E-state index contributed by atoms with van der Waals surface area (Å²) in [6.07, 6.45) is 2.55. The second-order valence-corrected chi connectivity index (χ2v) is 11.5. The smallest absolute Gasteiger partial charge is 0.455 e. The third-order valence-electron chi connectivity index (χ3n) is 6.34. The quantitative estimate of drug-likeness (QED) is 0.240. The van der Waals surface area contributed by atoms with Crippen LogP contribution in [0.15, 0.2) is 51.4 Å². The SMILES string of the molecule is CCc1nc(C2CC2)c([13C](N)=O)n1Cc1ccc2oc(-c3ccccc3NS(=O)(=O)C(F)(F)F)c(Br)c2c1. The lowest BCUT2D eigenvalue weighted by atomic mass is 10.1. The molecular weight excluding hydrogens is 590 g/mol. The minimum Gasteiger partial charge on any atom is -0.455 e. The number of carbonyl (C=O) groups excluding carboxylic acids is 1. The van der Waals surface area contributed by atoms with Gasteiger partial charge in [-0.05, 0) is 58.6 Å². The molecule has 1 amide bonds. The Balaban J connectivity index is 1.54. The van der Waals surface area contributed by atoms with E-state index in [0.717, 1.165) is 29.9 Å². The van der Waals surface area contributed by atoms with Crippen molar-refractivity contribution < 1.29 is 30.8 Å². The summed E-state index contributed by atoms with van der Waals surface area (Å²) < 4.78 is 72.2. The molecule has 38 heavy (non-hydrogen) atoms. The predicted molar refractivity (Wildman–Crippen MR) is 139 cm³/mol. The number of amides is 1. The van der Waals surface area contributed by atoms with Gasteiger partial charge in [0, 0.05) is 29.8 Å². The lowest BCUT2D eigenvalue weighted by molar-refractivity contribution is -0.0429. The van der Waals surface area contributed by atoms with E-state index in [0.29, 0.717) is 34.1 Å². The molecule has 2 aromatic carbocycles. The summed E-state index contributed by atoms with van der Waals surface area (Å²) in [4.78, 5) is 17.0. The summed E-state index contributed by atoms with van der Waals surface area (Å²) in [5.74, 6) is 0.610. The van der Waals surface area contributed by atoms with Crippen molar-refractivity contribution in [3.8, 4) is 11.3 Å². The van der Waals surface area contributed by atoms with E-state index in [-0.39, 0.29) is 22.9 Å². The maximum absolute atomic E-state index is 13.0. The summed E-state index contributed by atoms with van der Waals surface area (Å²) in [7, 11) is -5.64. The van der Waals surface area contributed by atoms with Gasteiger partial charge < -0.3 is 14.7 Å². The number of rotatable bonds is 8. The lowest BCUT2D eigenvalue weighted by Crippen LogP contribution is -2.30. The molecule has 1 saturated carbocycles. The van der Waals surface area contributed by atoms with Crippen LogP contribution in [-0.2, 0) is 23.0 Å². The van der Waals surface area contributed by atoms with Gasteiger partial charge in [0.2, 0.25) is 0 Å². The zero-order chi connectivity index (χ0) is 27.4. The minimum atomic E-state index is -5.64. The monoisotopic (exact) mass is 611 g/mol. The molecule has 13 heteroatoms. The number of anilines is 1. The maximum atomic E-state index is 13.0. The molecule has 0 unspecified atom stereocenters. The lowest BCUT2D eigenvalue weighted by Gasteiger charge is -2.13. The number of primary amides is 1. The molecule has 0 atom stereocenters. The first kappa shape index (κ1) is 26.3. The fourth-order valence-electron chi connectivity index (χ4n) is 4.40. The number of halogens is 4. The summed E-state index contributed by atoms with van der Waals surface area (Å²) in [6.45, 7) is 2.28. The molecule has 0 bridgehead atoms. The fraction of sp³-hybridized carbons (Fsp3) is 0.280. The summed E-state index contributed by atoms with van der Waals surface area (Å²) in [5, 5.41) is 0.618. The van der Waals surface area contributed by atoms with E-state index in [1.54, 1.807) is 22.9 Å². The van der Waals surface area contributed by atoms with Crippen LogP contribution < -0.4 is 10.5 Å². The number of nitrogens with one attached hydrogen (secondary N) is 1. The van der Waals surface area contributed by atoms with Gasteiger partial charge in [-0.2, -0.15) is 21.6 Å². The second-order valence-electron chi connectivity index (χ2n) is 9.01. The van der Waals surface area contributed by atoms with Crippen LogP contribution >= 0.6 is 15.9 Å². The van der Waals surface area contributed by atoms with Gasteiger partial charge in [-0.3, -0.25) is 9.52 Å². The van der Waals surface area contributed by atoms with Crippen molar-refractivity contribution in [2.75, 3.05) is 4.72 Å². The molecule has 2 aromatic heterocycles. The van der Waals surface area contributed by atoms with Crippen LogP contribution in [0.5, 0.6) is 0 Å². The first-order valence-electron chi connectivity index (χ1n) is 11.7. The number of hydrogen-bond acceptors (Lipinski definition) is 5. The normalized spacial score (nSPS) is 14.2. The number of aromatic nitrogens is 2. The van der Waals surface area contributed by atoms with Gasteiger partial charge in [0.25, 0.3) is 5.91 Å². The molecule has 200 valence electrons. The number of sulfonamides is 1. The summed E-state index contributed by atoms with van der Waals surface area (Å²) in [6, 6.07) is 11.0. The van der Waals surface area contributed by atoms with Crippen molar-refractivity contribution >= 4 is 48.5 Å². The average Bonchev–Trinajstić information content (AvgIpc) is 3.56. The Bertz CT molecular complexity index is 1670. The molecule has 4 aromatic rings. The number of aryl methyl sites for hydroxylation is 1. The number of nitrogens with zero attached hydrogens (tertiary/aromatic N) is 2. The standard InChI is InChI=1S/C25H22BrF3N4O4S/c1-2-19-31-21(14-8-9-14)22(24(30)34)33(19)12-13-7-10-18-16(11-13)20(26)23(37-18)15-5-3-4-6-17(15)32-38(35,36)25(27,28)29/h3-7,10-11,14,32H,2,8-9,12H2,1H3,(H2,30,34)/i24+1. The minimum absolute atomic E-state index is 0.123. The van der Waals surface area contributed by atoms with Crippen LogP contribution in [0, 0.1) is 0 Å². The number of fused-ring (bicyclic) bond motifs is 1. The van der Waals surface area contributed by atoms with E-state index in [4.69, 9.17) is 10.2 Å². The van der Waals surface area contributed by atoms with Gasteiger partial charge in [0.05, 0.1) is 15.9 Å². The molecule has 0 radical (unpaired) electrons. The topological polar surface area (TPSA) is 120 Å². The zero-order valence-corrected chi connectivity index (χ0v) is 22.4. The molecule has 3 N–H and O–H groups in total. The highest BCUT2D eigenvalue weighted by atomic mass is 79.9. The highest BCUT2D eigenvalue weighted by Gasteiger charge is 2.46. The van der Waals surface area contributed by atoms with Crippen LogP contribution in [0.3, 0.4) is 0 Å². The van der Waals surface area contributed by atoms with E-state index in [2.05, 4.69) is 20.9 Å². The molecular formula is C25H22BrF3N4O4S. The molecule has 0 spiro atoms. The molecule has 0 aliphatic heterocycles. The van der Waals surface area contributed by atoms with E-state index in [1.807, 2.05) is 17.6 Å². The number of imidazole rings is 1. The van der Waals surface area contributed by atoms with Crippen molar-refractivity contribution in [1.82, 2.24) is 9.55 Å². The second kappa shape index (κ2) is 9.45. The average molecular weight is 612 g/mol. The van der Waals surface area contributed by atoms with Gasteiger partial charge in [0.15, 0.2) is 5.76 Å². The van der Waals surface area contributed by atoms with Crippen LogP contribution in [0.25, 0.3) is 22.3 Å². The predicted octanol–water partition coefficient (Wildman–Crippen LogP) is 5.91. The molecule has 0 saturated heterocycles. The molecule has 1 fully saturated rings. The number of furan rings is 1. The van der Waals surface area contributed by atoms with Crippen LogP contribution in [0.2, 0.25) is 0 Å². The first-order chi connectivity index (χ1) is 17.9. The van der Waals surface area contributed by atoms with Gasteiger partial charge >= 0.3 is 15.5 Å². The molecule has 8 nitrogen and oxygen atoms in total. The van der Waals surface area contributed by atoms with Crippen molar-refractivity contribution in [1.29, 1.82) is 0 Å². The molecule has 5 rings (SSSR count). The van der Waals surface area contributed by atoms with Gasteiger partial charge in [-0.1, -0.05) is 25.1 Å². The van der Waals surface area contributed by atoms with Crippen molar-refractivity contribution in [3.63, 3.8) is 0 Å². The molecule has 2 heterocycles. The van der Waals surface area contributed by atoms with Crippen LogP contribution in [0.4, 0.5) is 18.9 Å². The van der Waals surface area contributed by atoms with Gasteiger partial charge in [-0.15, -0.1) is 0 Å². The Labute approximate surface area is 224 Å². The largest absolute Gasteiger partial charge is 0.516 e. The van der Waals surface area contributed by atoms with Crippen LogP contribution in [0.1, 0.15) is 53.3 Å². The molecule has 1 aliphatic rings. The number of carbonyl (C=O) groups is 1. The number of nitrogens with two attached hydrogens (primary N) is 1. The van der Waals surface area contributed by atoms with E-state index >= 15 is 0 Å². The Morgan fingerprint density at radius 3 is 2.58 bits per heavy atom. The highest BCUT2D eigenvalue weighted by Crippen LogP contribution is 2.43. The van der Waals surface area contributed by atoms with Crippen molar-refractivity contribution in [2.45, 2.75) is 44.2 Å². The summed E-state index contributed by atoms with van der Waals surface area (Å²) >= 11 is 3.47. The van der Waals surface area contributed by atoms with Gasteiger partial charge in [-0.25, -0.2) is 4.98 Å². The Kier molecular flexibility index (Phi) is 6.54. The number of para-hydroxylation sites is 1. The first-order valence-corrected chi connectivity index (χ1v) is 14.0. The Morgan fingerprint density at radius 1 is 1.24 bits per heavy atom. The zero-order valence-electron chi connectivity index (χ0n) is 20.0. The maximum Gasteiger partial charge on any atom is 0.516 e. The van der Waals surface area contributed by atoms with Gasteiger partial charge in [0.1, 0.15) is 17.1 Å². The van der Waals surface area contributed by atoms with E-state index in [9.17, 15) is 26.4 Å². The Hall–Kier alpha value is -3.32. The number of alkyl halides is 3.